The summed E-state index contributed by atoms with van der Waals surface area (Å²) < 4.78 is 5.64. The smallest absolute Gasteiger partial charge is 0.338 e. The van der Waals surface area contributed by atoms with Gasteiger partial charge in [0.15, 0.2) is 0 Å². The first-order valence-corrected chi connectivity index (χ1v) is 7.03. The molecule has 0 spiro atoms. The van der Waals surface area contributed by atoms with Crippen LogP contribution in [0.15, 0.2) is 22.7 Å². The van der Waals surface area contributed by atoms with Gasteiger partial charge in [-0.1, -0.05) is 37.9 Å². The summed E-state index contributed by atoms with van der Waals surface area (Å²) in [5.74, 6) is -0.263. The average molecular weight is 364 g/mol. The van der Waals surface area contributed by atoms with Gasteiger partial charge in [-0.25, -0.2) is 4.79 Å². The predicted octanol–water partition coefficient (Wildman–Crippen LogP) is 3.13. The molecular weight excluding hydrogens is 352 g/mol. The third-order valence-electron chi connectivity index (χ3n) is 2.10. The molecule has 0 atom stereocenters. The number of ketones is 1. The second kappa shape index (κ2) is 6.91. The van der Waals surface area contributed by atoms with Crippen LogP contribution in [0.1, 0.15) is 22.8 Å². The Balaban J connectivity index is 2.86. The molecule has 1 aromatic carbocycles. The van der Waals surface area contributed by atoms with Crippen molar-refractivity contribution in [1.82, 2.24) is 0 Å². The van der Waals surface area contributed by atoms with E-state index in [-0.39, 0.29) is 11.8 Å². The number of carbonyl (C=O) groups is 2. The molecule has 0 N–H and O–H groups in total. The van der Waals surface area contributed by atoms with E-state index < -0.39 is 0 Å². The molecule has 0 saturated carbocycles. The summed E-state index contributed by atoms with van der Waals surface area (Å²) in [4.78, 5) is 22.8. The van der Waals surface area contributed by atoms with Crippen LogP contribution >= 0.6 is 31.9 Å². The zero-order valence-corrected chi connectivity index (χ0v) is 12.5. The van der Waals surface area contributed by atoms with E-state index in [1.165, 1.54) is 0 Å². The summed E-state index contributed by atoms with van der Waals surface area (Å²) in [5, 5.41) is 0.332. The Morgan fingerprint density at radius 3 is 2.59 bits per heavy atom. The van der Waals surface area contributed by atoms with Gasteiger partial charge in [-0.2, -0.15) is 0 Å². The van der Waals surface area contributed by atoms with E-state index >= 15 is 0 Å². The molecule has 0 bridgehead atoms. The van der Waals surface area contributed by atoms with Crippen molar-refractivity contribution in [3.05, 3.63) is 33.8 Å². The standard InChI is InChI=1S/C12H12Br2O3/c1-2-17-12(16)9-4-3-8(11(14)6-9)5-10(15)7-13/h3-4,6H,2,5,7H2,1H3. The molecule has 0 aliphatic heterocycles. The van der Waals surface area contributed by atoms with Crippen molar-refractivity contribution in [1.29, 1.82) is 0 Å². The second-order valence-electron chi connectivity index (χ2n) is 3.38. The largest absolute Gasteiger partial charge is 0.462 e. The number of hydrogen-bond donors (Lipinski definition) is 0. The van der Waals surface area contributed by atoms with Crippen LogP contribution in [-0.2, 0) is 16.0 Å². The van der Waals surface area contributed by atoms with Gasteiger partial charge in [0, 0.05) is 10.9 Å². The molecule has 1 rings (SSSR count). The molecule has 0 amide bonds. The second-order valence-corrected chi connectivity index (χ2v) is 4.79. The van der Waals surface area contributed by atoms with Crippen LogP contribution in [0.2, 0.25) is 0 Å². The lowest BCUT2D eigenvalue weighted by molar-refractivity contribution is -0.115. The zero-order valence-electron chi connectivity index (χ0n) is 9.33. The fourth-order valence-corrected chi connectivity index (χ4v) is 2.01. The topological polar surface area (TPSA) is 43.4 Å². The lowest BCUT2D eigenvalue weighted by Gasteiger charge is -2.06. The summed E-state index contributed by atoms with van der Waals surface area (Å²) in [5.41, 5.74) is 1.34. The minimum Gasteiger partial charge on any atom is -0.462 e. The molecule has 0 aromatic heterocycles. The van der Waals surface area contributed by atoms with Crippen LogP contribution in [0.5, 0.6) is 0 Å². The summed E-state index contributed by atoms with van der Waals surface area (Å²) in [6.45, 7) is 2.11. The Morgan fingerprint density at radius 2 is 2.06 bits per heavy atom. The van der Waals surface area contributed by atoms with Crippen molar-refractivity contribution in [3.8, 4) is 0 Å². The van der Waals surface area contributed by atoms with Crippen molar-refractivity contribution < 1.29 is 14.3 Å². The van der Waals surface area contributed by atoms with Crippen LogP contribution < -0.4 is 0 Å². The molecule has 17 heavy (non-hydrogen) atoms. The number of alkyl halides is 1. The number of ether oxygens (including phenoxy) is 1. The Bertz CT molecular complexity index is 430. The highest BCUT2D eigenvalue weighted by Gasteiger charge is 2.11. The molecule has 1 aromatic rings. The Morgan fingerprint density at radius 1 is 1.35 bits per heavy atom. The van der Waals surface area contributed by atoms with E-state index in [1.54, 1.807) is 25.1 Å². The highest BCUT2D eigenvalue weighted by Crippen LogP contribution is 2.20. The maximum Gasteiger partial charge on any atom is 0.338 e. The fourth-order valence-electron chi connectivity index (χ4n) is 1.29. The molecule has 92 valence electrons. The molecule has 0 unspecified atom stereocenters. The SMILES string of the molecule is CCOC(=O)c1ccc(CC(=O)CBr)c(Br)c1. The molecule has 3 nitrogen and oxygen atoms in total. The number of esters is 1. The molecule has 0 radical (unpaired) electrons. The summed E-state index contributed by atoms with van der Waals surface area (Å²) >= 11 is 6.47. The minimum atomic E-state index is -0.355. The Kier molecular flexibility index (Phi) is 5.85. The normalized spacial score (nSPS) is 10.1. The molecule has 0 saturated heterocycles. The molecule has 0 fully saturated rings. The van der Waals surface area contributed by atoms with Crippen LogP contribution in [0.3, 0.4) is 0 Å². The van der Waals surface area contributed by atoms with Crippen LogP contribution in [-0.4, -0.2) is 23.7 Å². The number of halogens is 2. The van der Waals surface area contributed by atoms with Gasteiger partial charge in [0.1, 0.15) is 5.78 Å². The Labute approximate surface area is 117 Å². The summed E-state index contributed by atoms with van der Waals surface area (Å²) in [7, 11) is 0. The van der Waals surface area contributed by atoms with E-state index in [2.05, 4.69) is 31.9 Å². The number of benzene rings is 1. The number of Topliss-reactive ketones (excluding diaryl/α,β-unsaturated/α-hetero) is 1. The third-order valence-corrected chi connectivity index (χ3v) is 3.46. The first-order chi connectivity index (χ1) is 8.08. The average Bonchev–Trinajstić information content (AvgIpc) is 2.31. The quantitative estimate of drug-likeness (QED) is 0.596. The number of rotatable bonds is 5. The van der Waals surface area contributed by atoms with E-state index in [0.29, 0.717) is 23.9 Å². The fraction of sp³-hybridized carbons (Fsp3) is 0.333. The van der Waals surface area contributed by atoms with Crippen molar-refractivity contribution in [2.45, 2.75) is 13.3 Å². The van der Waals surface area contributed by atoms with E-state index in [0.717, 1.165) is 10.0 Å². The van der Waals surface area contributed by atoms with Crippen LogP contribution in [0, 0.1) is 0 Å². The highest BCUT2D eigenvalue weighted by molar-refractivity contribution is 9.10. The molecule has 0 aliphatic rings. The van der Waals surface area contributed by atoms with Gasteiger partial charge in [0.25, 0.3) is 0 Å². The summed E-state index contributed by atoms with van der Waals surface area (Å²) in [6, 6.07) is 5.10. The van der Waals surface area contributed by atoms with Gasteiger partial charge in [-0.3, -0.25) is 4.79 Å². The van der Waals surface area contributed by atoms with E-state index in [1.807, 2.05) is 0 Å². The van der Waals surface area contributed by atoms with Crippen LogP contribution in [0.25, 0.3) is 0 Å². The Hall–Kier alpha value is -0.680. The van der Waals surface area contributed by atoms with Gasteiger partial charge < -0.3 is 4.74 Å². The first kappa shape index (κ1) is 14.4. The third kappa shape index (κ3) is 4.24. The molecular formula is C12H12Br2O3. The van der Waals surface area contributed by atoms with Crippen molar-refractivity contribution >= 4 is 43.6 Å². The maximum atomic E-state index is 11.5. The van der Waals surface area contributed by atoms with E-state index in [9.17, 15) is 9.59 Å². The minimum absolute atomic E-state index is 0.0922. The lowest BCUT2D eigenvalue weighted by atomic mass is 10.1. The van der Waals surface area contributed by atoms with Crippen molar-refractivity contribution in [3.63, 3.8) is 0 Å². The van der Waals surface area contributed by atoms with Crippen LogP contribution in [0.4, 0.5) is 0 Å². The van der Waals surface area contributed by atoms with Gasteiger partial charge >= 0.3 is 5.97 Å². The zero-order chi connectivity index (χ0) is 12.8. The van der Waals surface area contributed by atoms with Gasteiger partial charge in [0.05, 0.1) is 17.5 Å². The molecule has 0 heterocycles. The first-order valence-electron chi connectivity index (χ1n) is 5.11. The summed E-state index contributed by atoms with van der Waals surface area (Å²) in [6.07, 6.45) is 0.342. The predicted molar refractivity (Wildman–Crippen MR) is 72.6 cm³/mol. The molecule has 5 heteroatoms. The lowest BCUT2D eigenvalue weighted by Crippen LogP contribution is -2.07. The van der Waals surface area contributed by atoms with Gasteiger partial charge in [-0.15, -0.1) is 0 Å². The van der Waals surface area contributed by atoms with Crippen molar-refractivity contribution in [2.75, 3.05) is 11.9 Å². The maximum absolute atomic E-state index is 11.5. The number of carbonyl (C=O) groups excluding carboxylic acids is 2. The monoisotopic (exact) mass is 362 g/mol. The van der Waals surface area contributed by atoms with E-state index in [4.69, 9.17) is 4.74 Å². The number of hydrogen-bond acceptors (Lipinski definition) is 3. The highest BCUT2D eigenvalue weighted by atomic mass is 79.9. The van der Waals surface area contributed by atoms with Gasteiger partial charge in [-0.05, 0) is 24.6 Å². The molecule has 0 aliphatic carbocycles. The van der Waals surface area contributed by atoms with Gasteiger partial charge in [0.2, 0.25) is 0 Å². The van der Waals surface area contributed by atoms with Crippen molar-refractivity contribution in [2.24, 2.45) is 0 Å².